The zero-order valence-electron chi connectivity index (χ0n) is 22.7. The fraction of sp³-hybridized carbons (Fsp3) is 0.667. The first-order chi connectivity index (χ1) is 18.8. The van der Waals surface area contributed by atoms with Gasteiger partial charge in [-0.2, -0.15) is 0 Å². The second-order valence-corrected chi connectivity index (χ2v) is 10.6. The summed E-state index contributed by atoms with van der Waals surface area (Å²) in [4.78, 5) is 49.2. The fourth-order valence-electron chi connectivity index (χ4n) is 5.76. The van der Waals surface area contributed by atoms with Crippen molar-refractivity contribution in [2.45, 2.75) is 82.3 Å². The van der Waals surface area contributed by atoms with E-state index in [1.165, 1.54) is 4.90 Å². The van der Waals surface area contributed by atoms with Gasteiger partial charge in [-0.15, -0.1) is 0 Å². The van der Waals surface area contributed by atoms with Crippen LogP contribution in [0, 0.1) is 0 Å². The van der Waals surface area contributed by atoms with Gasteiger partial charge in [0.05, 0.1) is 6.10 Å². The van der Waals surface area contributed by atoms with Crippen LogP contribution in [0.15, 0.2) is 30.3 Å². The smallest absolute Gasteiger partial charge is 0.410 e. The SMILES string of the molecule is C[C@@H]1C[C@H](N(C)CCNC(=O)[C@@H]2CCCN2C(=O)[C@@H]2CCCN2C(=O)OCc2ccccc2)[C@@H](O)[C@H](ON)O1. The van der Waals surface area contributed by atoms with E-state index in [9.17, 15) is 19.5 Å². The van der Waals surface area contributed by atoms with Crippen LogP contribution in [0.4, 0.5) is 4.79 Å². The maximum atomic E-state index is 13.5. The van der Waals surface area contributed by atoms with Gasteiger partial charge in [-0.05, 0) is 51.6 Å². The van der Waals surface area contributed by atoms with Crippen LogP contribution in [0.1, 0.15) is 44.6 Å². The zero-order chi connectivity index (χ0) is 27.9. The molecule has 0 bridgehead atoms. The summed E-state index contributed by atoms with van der Waals surface area (Å²) in [6, 6.07) is 7.97. The molecule has 0 saturated carbocycles. The summed E-state index contributed by atoms with van der Waals surface area (Å²) >= 11 is 0. The molecule has 0 radical (unpaired) electrons. The summed E-state index contributed by atoms with van der Waals surface area (Å²) in [5, 5.41) is 13.5. The first-order valence-electron chi connectivity index (χ1n) is 13.7. The molecule has 0 aliphatic carbocycles. The predicted octanol–water partition coefficient (Wildman–Crippen LogP) is 0.581. The monoisotopic (exact) mass is 547 g/mol. The molecule has 0 unspecified atom stereocenters. The number of aliphatic hydroxyl groups is 1. The Morgan fingerprint density at radius 3 is 2.54 bits per heavy atom. The standard InChI is InChI=1S/C27H41N5O7/c1-18-16-22(23(33)26(38-18)39-28)30(2)15-12-29-24(34)20-10-6-13-31(20)25(35)21-11-7-14-32(21)27(36)37-17-19-8-4-3-5-9-19/h3-5,8-9,18,20-23,26,33H,6-7,10-17,28H2,1-2H3,(H,29,34)/t18-,20+,21+,22+,23-,26+/m1/s1. The summed E-state index contributed by atoms with van der Waals surface area (Å²) in [5.41, 5.74) is 0.878. The lowest BCUT2D eigenvalue weighted by molar-refractivity contribution is -0.255. The molecule has 4 N–H and O–H groups in total. The highest BCUT2D eigenvalue weighted by Gasteiger charge is 2.43. The fourth-order valence-corrected chi connectivity index (χ4v) is 5.76. The molecule has 216 valence electrons. The van der Waals surface area contributed by atoms with Crippen LogP contribution in [0.5, 0.6) is 0 Å². The minimum atomic E-state index is -0.913. The van der Waals surface area contributed by atoms with Crippen molar-refractivity contribution in [2.24, 2.45) is 5.90 Å². The van der Waals surface area contributed by atoms with Crippen LogP contribution in [0.3, 0.4) is 0 Å². The Hall–Kier alpha value is -2.77. The summed E-state index contributed by atoms with van der Waals surface area (Å²) in [6.45, 7) is 3.80. The maximum absolute atomic E-state index is 13.5. The Morgan fingerprint density at radius 1 is 1.13 bits per heavy atom. The van der Waals surface area contributed by atoms with E-state index in [4.69, 9.17) is 20.2 Å². The van der Waals surface area contributed by atoms with Crippen LogP contribution in [-0.4, -0.2) is 108 Å². The highest BCUT2D eigenvalue weighted by molar-refractivity contribution is 5.92. The second kappa shape index (κ2) is 13.5. The molecule has 3 aliphatic rings. The molecule has 0 aromatic heterocycles. The number of ether oxygens (including phenoxy) is 2. The van der Waals surface area contributed by atoms with Crippen LogP contribution in [0.2, 0.25) is 0 Å². The van der Waals surface area contributed by atoms with Crippen molar-refractivity contribution in [3.05, 3.63) is 35.9 Å². The van der Waals surface area contributed by atoms with Crippen LogP contribution < -0.4 is 11.2 Å². The molecule has 39 heavy (non-hydrogen) atoms. The van der Waals surface area contributed by atoms with E-state index >= 15 is 0 Å². The lowest BCUT2D eigenvalue weighted by atomic mass is 9.99. The minimum Gasteiger partial charge on any atom is -0.445 e. The van der Waals surface area contributed by atoms with E-state index in [1.807, 2.05) is 49.2 Å². The molecule has 1 aromatic carbocycles. The largest absolute Gasteiger partial charge is 0.445 e. The van der Waals surface area contributed by atoms with Gasteiger partial charge in [0.2, 0.25) is 18.1 Å². The van der Waals surface area contributed by atoms with Gasteiger partial charge in [-0.3, -0.25) is 24.2 Å². The number of amides is 3. The third kappa shape index (κ3) is 7.06. The molecule has 3 aliphatic heterocycles. The van der Waals surface area contributed by atoms with Gasteiger partial charge >= 0.3 is 6.09 Å². The molecule has 12 nitrogen and oxygen atoms in total. The van der Waals surface area contributed by atoms with Crippen molar-refractivity contribution in [1.82, 2.24) is 20.0 Å². The topological polar surface area (TPSA) is 147 Å². The van der Waals surface area contributed by atoms with E-state index in [0.29, 0.717) is 51.9 Å². The molecular formula is C27H41N5O7. The number of nitrogens with two attached hydrogens (primary N) is 1. The highest BCUT2D eigenvalue weighted by atomic mass is 16.8. The number of benzene rings is 1. The van der Waals surface area contributed by atoms with E-state index in [1.54, 1.807) is 4.90 Å². The quantitative estimate of drug-likeness (QED) is 0.378. The van der Waals surface area contributed by atoms with Gasteiger partial charge < -0.3 is 24.8 Å². The Labute approximate surface area is 229 Å². The molecule has 6 atom stereocenters. The third-order valence-electron chi connectivity index (χ3n) is 7.89. The Balaban J connectivity index is 1.27. The van der Waals surface area contributed by atoms with Crippen molar-refractivity contribution >= 4 is 17.9 Å². The van der Waals surface area contributed by atoms with Crippen LogP contribution in [0.25, 0.3) is 0 Å². The van der Waals surface area contributed by atoms with Gasteiger partial charge in [-0.25, -0.2) is 10.7 Å². The van der Waals surface area contributed by atoms with Crippen molar-refractivity contribution < 1.29 is 33.8 Å². The number of hydrogen-bond donors (Lipinski definition) is 3. The summed E-state index contributed by atoms with van der Waals surface area (Å²) in [5.74, 6) is 4.84. The van der Waals surface area contributed by atoms with Gasteiger partial charge in [0, 0.05) is 32.2 Å². The molecule has 0 spiro atoms. The molecule has 3 saturated heterocycles. The first kappa shape index (κ1) is 29.2. The van der Waals surface area contributed by atoms with Gasteiger partial charge in [0.1, 0.15) is 24.8 Å². The molecular weight excluding hydrogens is 506 g/mol. The first-order valence-corrected chi connectivity index (χ1v) is 13.7. The number of rotatable bonds is 9. The van der Waals surface area contributed by atoms with Crippen molar-refractivity contribution in [1.29, 1.82) is 0 Å². The zero-order valence-corrected chi connectivity index (χ0v) is 22.7. The number of likely N-dealkylation sites (tertiary alicyclic amines) is 2. The normalized spacial score (nSPS) is 29.1. The average Bonchev–Trinajstić information content (AvgIpc) is 3.63. The minimum absolute atomic E-state index is 0.132. The number of nitrogens with zero attached hydrogens (tertiary/aromatic N) is 3. The van der Waals surface area contributed by atoms with Crippen molar-refractivity contribution in [3.63, 3.8) is 0 Å². The van der Waals surface area contributed by atoms with Crippen LogP contribution >= 0.6 is 0 Å². The van der Waals surface area contributed by atoms with Crippen molar-refractivity contribution in [3.8, 4) is 0 Å². The Morgan fingerprint density at radius 2 is 1.82 bits per heavy atom. The van der Waals surface area contributed by atoms with E-state index in [2.05, 4.69) is 5.32 Å². The second-order valence-electron chi connectivity index (χ2n) is 10.6. The van der Waals surface area contributed by atoms with Crippen LogP contribution in [-0.2, 0) is 30.5 Å². The lowest BCUT2D eigenvalue weighted by Crippen LogP contribution is -2.57. The molecule has 12 heteroatoms. The Kier molecular flexibility index (Phi) is 10.1. The van der Waals surface area contributed by atoms with E-state index in [-0.39, 0.29) is 30.6 Å². The number of hydrogen-bond acceptors (Lipinski definition) is 9. The summed E-state index contributed by atoms with van der Waals surface area (Å²) in [6.07, 6.45) is 0.698. The molecule has 3 amide bonds. The highest BCUT2D eigenvalue weighted by Crippen LogP contribution is 2.26. The Bertz CT molecular complexity index is 983. The third-order valence-corrected chi connectivity index (χ3v) is 7.89. The summed E-state index contributed by atoms with van der Waals surface area (Å²) < 4.78 is 11.0. The van der Waals surface area contributed by atoms with Gasteiger partial charge in [0.25, 0.3) is 0 Å². The molecule has 3 heterocycles. The van der Waals surface area contributed by atoms with Gasteiger partial charge in [0.15, 0.2) is 0 Å². The molecule has 3 fully saturated rings. The molecule has 1 aromatic rings. The number of carbonyl (C=O) groups excluding carboxylic acids is 3. The number of carbonyl (C=O) groups is 3. The number of nitrogens with one attached hydrogen (secondary N) is 1. The predicted molar refractivity (Wildman–Crippen MR) is 141 cm³/mol. The maximum Gasteiger partial charge on any atom is 0.410 e. The van der Waals surface area contributed by atoms with E-state index < -0.39 is 30.6 Å². The lowest BCUT2D eigenvalue weighted by Gasteiger charge is -2.41. The molecule has 4 rings (SSSR count). The number of likely N-dealkylation sites (N-methyl/N-ethyl adjacent to an activating group) is 1. The summed E-state index contributed by atoms with van der Waals surface area (Å²) in [7, 11) is 1.86. The van der Waals surface area contributed by atoms with Crippen molar-refractivity contribution in [2.75, 3.05) is 33.2 Å². The number of aliphatic hydroxyl groups excluding tert-OH is 1. The average molecular weight is 548 g/mol. The van der Waals surface area contributed by atoms with Gasteiger partial charge in [-0.1, -0.05) is 30.3 Å². The van der Waals surface area contributed by atoms with E-state index in [0.717, 1.165) is 12.0 Å².